The Balaban J connectivity index is 2.51. The summed E-state index contributed by atoms with van der Waals surface area (Å²) in [6, 6.07) is 9.90. The van der Waals surface area contributed by atoms with Crippen LogP contribution in [-0.4, -0.2) is 42.7 Å². The Labute approximate surface area is 139 Å². The highest BCUT2D eigenvalue weighted by Crippen LogP contribution is 2.17. The van der Waals surface area contributed by atoms with Gasteiger partial charge in [-0.3, -0.25) is 4.79 Å². The maximum atomic E-state index is 12.0. The molecule has 2 atom stereocenters. The fourth-order valence-corrected chi connectivity index (χ4v) is 2.32. The van der Waals surface area contributed by atoms with Crippen molar-refractivity contribution in [1.29, 1.82) is 0 Å². The van der Waals surface area contributed by atoms with E-state index < -0.39 is 6.10 Å². The molecule has 1 aromatic carbocycles. The largest absolute Gasteiger partial charge is 0.393 e. The smallest absolute Gasteiger partial charge is 0.222 e. The predicted molar refractivity (Wildman–Crippen MR) is 93.0 cm³/mol. The summed E-state index contributed by atoms with van der Waals surface area (Å²) in [6.07, 6.45) is 4.02. The first-order valence-electron chi connectivity index (χ1n) is 8.15. The average Bonchev–Trinajstić information content (AvgIpc) is 2.54. The van der Waals surface area contributed by atoms with Gasteiger partial charge >= 0.3 is 0 Å². The monoisotopic (exact) mass is 319 g/mol. The van der Waals surface area contributed by atoms with Crippen LogP contribution in [0.4, 0.5) is 0 Å². The molecule has 4 nitrogen and oxygen atoms in total. The number of aliphatic hydroxyl groups excluding tert-OH is 1. The number of carbonyl (C=O) groups is 1. The first-order chi connectivity index (χ1) is 11.0. The number of ether oxygens (including phenoxy) is 1. The van der Waals surface area contributed by atoms with E-state index in [2.05, 4.69) is 6.58 Å². The van der Waals surface area contributed by atoms with Crippen LogP contribution in [0.1, 0.15) is 31.2 Å². The molecule has 4 heteroatoms. The van der Waals surface area contributed by atoms with Crippen molar-refractivity contribution in [3.8, 4) is 0 Å². The zero-order valence-electron chi connectivity index (χ0n) is 14.3. The lowest BCUT2D eigenvalue weighted by Gasteiger charge is -2.24. The van der Waals surface area contributed by atoms with Crippen molar-refractivity contribution < 1.29 is 14.6 Å². The number of hydrogen-bond donors (Lipinski definition) is 1. The molecule has 0 unspecified atom stereocenters. The van der Waals surface area contributed by atoms with Crippen LogP contribution in [0.2, 0.25) is 0 Å². The lowest BCUT2D eigenvalue weighted by atomic mass is 9.94. The van der Waals surface area contributed by atoms with Crippen LogP contribution in [0.15, 0.2) is 43.0 Å². The second-order valence-electron chi connectivity index (χ2n) is 6.04. The number of carbonyl (C=O) groups excluding carboxylic acids is 1. The van der Waals surface area contributed by atoms with Crippen molar-refractivity contribution in [2.45, 2.75) is 38.4 Å². The second-order valence-corrected chi connectivity index (χ2v) is 6.04. The molecular weight excluding hydrogens is 290 g/mol. The third-order valence-electron chi connectivity index (χ3n) is 3.83. The zero-order chi connectivity index (χ0) is 17.1. The topological polar surface area (TPSA) is 49.8 Å². The van der Waals surface area contributed by atoms with Crippen molar-refractivity contribution >= 4 is 5.91 Å². The van der Waals surface area contributed by atoms with Gasteiger partial charge in [0, 0.05) is 26.4 Å². The van der Waals surface area contributed by atoms with Gasteiger partial charge in [0.25, 0.3) is 0 Å². The highest BCUT2D eigenvalue weighted by molar-refractivity contribution is 5.75. The first-order valence-corrected chi connectivity index (χ1v) is 8.15. The standard InChI is InChI=1S/C19H29NO3/c1-4-5-7-12-18(21)17(13-19(22)20(2)3)15-23-14-16-10-8-6-9-11-16/h4,6,8-11,17-18,21H,1,5,7,12-15H2,2-3H3/t17-,18-/m0/s1. The van der Waals surface area contributed by atoms with Gasteiger partial charge < -0.3 is 14.7 Å². The van der Waals surface area contributed by atoms with E-state index in [9.17, 15) is 9.90 Å². The minimum absolute atomic E-state index is 0.0149. The van der Waals surface area contributed by atoms with E-state index in [4.69, 9.17) is 4.74 Å². The first kappa shape index (κ1) is 19.4. The van der Waals surface area contributed by atoms with Gasteiger partial charge in [0.15, 0.2) is 0 Å². The Morgan fingerprint density at radius 3 is 2.65 bits per heavy atom. The van der Waals surface area contributed by atoms with E-state index in [1.807, 2.05) is 36.4 Å². The van der Waals surface area contributed by atoms with Gasteiger partial charge in [0.1, 0.15) is 0 Å². The van der Waals surface area contributed by atoms with Crippen molar-refractivity contribution in [2.24, 2.45) is 5.92 Å². The maximum Gasteiger partial charge on any atom is 0.222 e. The molecule has 0 aliphatic rings. The van der Waals surface area contributed by atoms with Crippen LogP contribution < -0.4 is 0 Å². The molecule has 0 saturated carbocycles. The summed E-state index contributed by atoms with van der Waals surface area (Å²) in [5.74, 6) is -0.167. The number of hydrogen-bond acceptors (Lipinski definition) is 3. The molecule has 0 saturated heterocycles. The minimum atomic E-state index is -0.533. The quantitative estimate of drug-likeness (QED) is 0.504. The number of unbranched alkanes of at least 4 members (excludes halogenated alkanes) is 1. The lowest BCUT2D eigenvalue weighted by molar-refractivity contribution is -0.131. The third kappa shape index (κ3) is 7.95. The fraction of sp³-hybridized carbons (Fsp3) is 0.526. The van der Waals surface area contributed by atoms with E-state index in [1.165, 1.54) is 0 Å². The van der Waals surface area contributed by atoms with Crippen LogP contribution in [-0.2, 0) is 16.1 Å². The molecule has 0 fully saturated rings. The molecule has 0 heterocycles. The van der Waals surface area contributed by atoms with E-state index in [1.54, 1.807) is 19.0 Å². The van der Waals surface area contributed by atoms with Gasteiger partial charge in [-0.15, -0.1) is 6.58 Å². The van der Waals surface area contributed by atoms with E-state index in [-0.39, 0.29) is 11.8 Å². The molecule has 1 aromatic rings. The van der Waals surface area contributed by atoms with Gasteiger partial charge in [0.2, 0.25) is 5.91 Å². The molecule has 1 amide bonds. The molecule has 1 N–H and O–H groups in total. The lowest BCUT2D eigenvalue weighted by Crippen LogP contribution is -2.32. The summed E-state index contributed by atoms with van der Waals surface area (Å²) < 4.78 is 5.74. The molecular formula is C19H29NO3. The molecule has 0 bridgehead atoms. The van der Waals surface area contributed by atoms with Gasteiger partial charge in [0.05, 0.1) is 19.3 Å². The van der Waals surface area contributed by atoms with Gasteiger partial charge in [-0.1, -0.05) is 36.4 Å². The Morgan fingerprint density at radius 2 is 2.04 bits per heavy atom. The van der Waals surface area contributed by atoms with Gasteiger partial charge in [-0.2, -0.15) is 0 Å². The fourth-order valence-electron chi connectivity index (χ4n) is 2.32. The van der Waals surface area contributed by atoms with E-state index in [0.717, 1.165) is 18.4 Å². The summed E-state index contributed by atoms with van der Waals surface area (Å²) in [7, 11) is 3.46. The second kappa shape index (κ2) is 11.0. The Hall–Kier alpha value is -1.65. The van der Waals surface area contributed by atoms with Gasteiger partial charge in [-0.05, 0) is 24.8 Å². The Kier molecular flexibility index (Phi) is 9.25. The molecule has 0 radical (unpaired) electrons. The van der Waals surface area contributed by atoms with E-state index >= 15 is 0 Å². The number of nitrogens with zero attached hydrogens (tertiary/aromatic N) is 1. The van der Waals surface area contributed by atoms with Crippen LogP contribution in [0.25, 0.3) is 0 Å². The van der Waals surface area contributed by atoms with Crippen molar-refractivity contribution in [3.05, 3.63) is 48.6 Å². The molecule has 0 aromatic heterocycles. The number of benzene rings is 1. The Morgan fingerprint density at radius 1 is 1.35 bits per heavy atom. The normalized spacial score (nSPS) is 13.3. The number of aliphatic hydroxyl groups is 1. The summed E-state index contributed by atoms with van der Waals surface area (Å²) in [5.41, 5.74) is 1.09. The zero-order valence-corrected chi connectivity index (χ0v) is 14.3. The minimum Gasteiger partial charge on any atom is -0.393 e. The van der Waals surface area contributed by atoms with Crippen LogP contribution in [0.5, 0.6) is 0 Å². The van der Waals surface area contributed by atoms with E-state index in [0.29, 0.717) is 26.1 Å². The number of allylic oxidation sites excluding steroid dienone is 1. The summed E-state index contributed by atoms with van der Waals surface area (Å²) in [4.78, 5) is 13.5. The average molecular weight is 319 g/mol. The molecule has 0 aliphatic heterocycles. The predicted octanol–water partition coefficient (Wildman–Crippen LogP) is 3.01. The highest BCUT2D eigenvalue weighted by atomic mass is 16.5. The molecule has 0 spiro atoms. The van der Waals surface area contributed by atoms with Crippen LogP contribution >= 0.6 is 0 Å². The van der Waals surface area contributed by atoms with Crippen LogP contribution in [0.3, 0.4) is 0 Å². The third-order valence-corrected chi connectivity index (χ3v) is 3.83. The molecule has 23 heavy (non-hydrogen) atoms. The van der Waals surface area contributed by atoms with Crippen molar-refractivity contribution in [2.75, 3.05) is 20.7 Å². The van der Waals surface area contributed by atoms with Crippen molar-refractivity contribution in [1.82, 2.24) is 4.90 Å². The van der Waals surface area contributed by atoms with Crippen molar-refractivity contribution in [3.63, 3.8) is 0 Å². The molecule has 1 rings (SSSR count). The highest BCUT2D eigenvalue weighted by Gasteiger charge is 2.23. The maximum absolute atomic E-state index is 12.0. The number of rotatable bonds is 11. The number of amides is 1. The van der Waals surface area contributed by atoms with Crippen LogP contribution in [0, 0.1) is 5.92 Å². The SMILES string of the molecule is C=CCCC[C@H](O)[C@H](COCc1ccccc1)CC(=O)N(C)C. The summed E-state index contributed by atoms with van der Waals surface area (Å²) in [5, 5.41) is 10.4. The molecule has 128 valence electrons. The summed E-state index contributed by atoms with van der Waals surface area (Å²) >= 11 is 0. The molecule has 0 aliphatic carbocycles. The van der Waals surface area contributed by atoms with Gasteiger partial charge in [-0.25, -0.2) is 0 Å². The summed E-state index contributed by atoms with van der Waals surface area (Å²) in [6.45, 7) is 4.56. The Bertz CT molecular complexity index is 459.